The Morgan fingerprint density at radius 2 is 0.976 bits per heavy atom. The average Bonchev–Trinajstić information content (AvgIpc) is 0.850. The lowest BCUT2D eigenvalue weighted by molar-refractivity contribution is -0.171. The average molecular weight is 1210 g/mol. The molecule has 0 unspecified atom stereocenters. The molecular formula is C63H110N6O15. The van der Waals surface area contributed by atoms with Crippen molar-refractivity contribution in [2.24, 2.45) is 11.8 Å². The fourth-order valence-corrected chi connectivity index (χ4v) is 8.25. The van der Waals surface area contributed by atoms with Gasteiger partial charge in [-0.25, -0.2) is 38.7 Å². The van der Waals surface area contributed by atoms with Gasteiger partial charge in [-0.15, -0.1) is 0 Å². The smallest absolute Gasteiger partial charge is 0.410 e. The Balaban J connectivity index is -0.000000253. The Kier molecular flexibility index (Phi) is 24.4. The number of amides is 2. The highest BCUT2D eigenvalue weighted by atomic mass is 16.6. The summed E-state index contributed by atoms with van der Waals surface area (Å²) in [5, 5.41) is 19.1. The van der Waals surface area contributed by atoms with Gasteiger partial charge in [0.25, 0.3) is 0 Å². The Labute approximate surface area is 523 Å². The molecule has 21 heteroatoms. The Morgan fingerprint density at radius 3 is 1.36 bits per heavy atom. The van der Waals surface area contributed by atoms with Crippen molar-refractivity contribution in [1.29, 1.82) is 0 Å². The summed E-state index contributed by atoms with van der Waals surface area (Å²) >= 11 is 0. The van der Waals surface area contributed by atoms with E-state index >= 15 is 0 Å². The van der Waals surface area contributed by atoms with E-state index < -0.39 is 71.6 Å². The standard InChI is InChI=1S/C31H43N3O7.C19H22N2O4.C12H23NO4.CH4.9H2/c1-22(2)18-25(33(6)30(37)41-31(3,4)5)28(35)40-26(29(36)39-21-23-10-8-7-9-11-23)19-24-12-13-27(32-20-24)34-14-16-38-17-15-34;22-17(19(23)25-14-15-4-2-1-3-5-15)12-16-6-7-18(20-13-16)21-8-10-24-11-9-21;1-8(2)7-9(10(14)15)13(6)11(16)17-12(3,4)5;;;;;;;;;;/h7-13,20,22,25-26H,14-19,21H2,1-6H3;1-7,13,17,22H,8-12,14H2;8-9H,7H2,1-6H3,(H,14,15);1H4;9*1H/t25-,26+;17-;9-;;;;;;;;;;/m010........../s1/i;;;;8*1+1D;1+1. The molecule has 0 saturated carbocycles. The predicted octanol–water partition coefficient (Wildman–Crippen LogP) is 11.2. The number of carboxylic acid groups (broad SMARTS) is 1. The number of likely N-dealkylation sites (N-methyl/N-ethyl adjacent to an activating group) is 2. The van der Waals surface area contributed by atoms with E-state index in [1.54, 1.807) is 53.9 Å². The van der Waals surface area contributed by atoms with Crippen molar-refractivity contribution in [2.75, 3.05) is 76.5 Å². The molecule has 2 saturated heterocycles. The van der Waals surface area contributed by atoms with Crippen LogP contribution in [0.2, 0.25) is 0 Å². The van der Waals surface area contributed by atoms with Crippen molar-refractivity contribution in [1.82, 2.24) is 19.8 Å². The molecule has 2 aliphatic heterocycles. The van der Waals surface area contributed by atoms with Gasteiger partial charge in [0.1, 0.15) is 48.1 Å². The molecule has 2 fully saturated rings. The predicted molar refractivity (Wildman–Crippen MR) is 338 cm³/mol. The van der Waals surface area contributed by atoms with Crippen LogP contribution in [0.25, 0.3) is 0 Å². The number of carboxylic acids is 1. The first-order valence-electron chi connectivity index (χ1n) is 36.2. The van der Waals surface area contributed by atoms with Gasteiger partial charge in [-0.3, -0.25) is 9.80 Å². The Hall–Kier alpha value is -7.36. The minimum atomic E-state index is -1.23. The summed E-state index contributed by atoms with van der Waals surface area (Å²) < 4.78 is 118. The van der Waals surface area contributed by atoms with E-state index in [-0.39, 0.29) is 46.7 Å². The van der Waals surface area contributed by atoms with Crippen molar-refractivity contribution in [3.05, 3.63) is 120 Å². The lowest BCUT2D eigenvalue weighted by Crippen LogP contribution is -2.47. The minimum Gasteiger partial charge on any atom is -0.480 e. The van der Waals surface area contributed by atoms with Crippen LogP contribution in [0.4, 0.5) is 21.2 Å². The maximum Gasteiger partial charge on any atom is 0.410 e. The summed E-state index contributed by atoms with van der Waals surface area (Å²) in [5.74, 6) is -1.05. The van der Waals surface area contributed by atoms with Gasteiger partial charge in [0, 0.05) is 90.7 Å². The second-order valence-corrected chi connectivity index (χ2v) is 23.1. The summed E-state index contributed by atoms with van der Waals surface area (Å²) in [5.41, 5.74) is 1.84. The second-order valence-electron chi connectivity index (χ2n) is 23.1. The van der Waals surface area contributed by atoms with Crippen molar-refractivity contribution in [3.63, 3.8) is 0 Å². The SMILES string of the molecule is C.CC(C)C[C@@H](C(=O)O)N(C)C(=O)OC(C)(C)C.CC(C)C[C@@H](C(=O)O[C@H](Cc1ccc(N2CCOCC2)nc1)C(=O)OCc1ccccc1)N(C)C(=O)OC(C)(C)C.O=C(OCc1ccccc1)[C@H](O)Cc1ccc(N2CCOCC2)nc1.[2HH].[2H][2H].[2H][2H].[2H][2H].[2H][2H].[2H][2H].[2H][2H].[2H][2H].[2H][2H]. The number of aliphatic hydroxyl groups excluding tert-OH is 1. The van der Waals surface area contributed by atoms with Gasteiger partial charge >= 0.3 is 36.1 Å². The van der Waals surface area contributed by atoms with Crippen LogP contribution in [-0.2, 0) is 78.4 Å². The summed E-state index contributed by atoms with van der Waals surface area (Å²) in [6, 6.07) is 24.4. The lowest BCUT2D eigenvalue weighted by atomic mass is 10.0. The minimum absolute atomic E-state index is 0. The van der Waals surface area contributed by atoms with Gasteiger partial charge in [0.05, 0.1) is 26.4 Å². The number of pyridine rings is 2. The van der Waals surface area contributed by atoms with E-state index in [4.69, 9.17) is 62.0 Å². The molecule has 0 radical (unpaired) electrons. The molecule has 4 heterocycles. The van der Waals surface area contributed by atoms with Crippen molar-refractivity contribution < 1.29 is 97.3 Å². The largest absolute Gasteiger partial charge is 0.480 e. The first-order valence-corrected chi connectivity index (χ1v) is 28.2. The van der Waals surface area contributed by atoms with E-state index in [1.807, 2.05) is 113 Å². The van der Waals surface area contributed by atoms with E-state index in [9.17, 15) is 33.9 Å². The molecule has 0 bridgehead atoms. The molecule has 84 heavy (non-hydrogen) atoms. The first-order chi connectivity index (χ1) is 47.2. The number of benzene rings is 2. The molecule has 21 nitrogen and oxygen atoms in total. The quantitative estimate of drug-likeness (QED) is 0.0581. The third-order valence-electron chi connectivity index (χ3n) is 12.6. The molecule has 0 spiro atoms. The number of rotatable bonds is 21. The third kappa shape index (κ3) is 26.1. The van der Waals surface area contributed by atoms with Crippen LogP contribution in [0.5, 0.6) is 0 Å². The maximum absolute atomic E-state index is 13.5. The van der Waals surface area contributed by atoms with E-state index in [0.717, 1.165) is 59.4 Å². The van der Waals surface area contributed by atoms with Crippen molar-refractivity contribution in [3.8, 4) is 0 Å². The number of nitrogens with zero attached hydrogens (tertiary/aromatic N) is 6. The second kappa shape index (κ2) is 35.1. The number of carbonyl (C=O) groups excluding carboxylic acids is 5. The zero-order chi connectivity index (χ0) is 77.3. The molecule has 2 amide bonds. The van der Waals surface area contributed by atoms with Crippen LogP contribution >= 0.6 is 0 Å². The highest BCUT2D eigenvalue weighted by Gasteiger charge is 2.36. The normalized spacial score (nSPS) is 15.5. The monoisotopic (exact) mass is 1210 g/mol. The zero-order valence-electron chi connectivity index (χ0n) is 66.5. The number of morpholine rings is 2. The highest BCUT2D eigenvalue weighted by Crippen LogP contribution is 2.22. The summed E-state index contributed by atoms with van der Waals surface area (Å²) in [4.78, 5) is 90.0. The molecule has 4 aromatic rings. The number of aliphatic hydroxyl groups is 1. The summed E-state index contributed by atoms with van der Waals surface area (Å²) in [6.07, 6.45) is 0.680. The molecule has 6 rings (SSSR count). The van der Waals surface area contributed by atoms with Crippen molar-refractivity contribution >= 4 is 47.7 Å². The van der Waals surface area contributed by atoms with Crippen LogP contribution in [0.1, 0.15) is 137 Å². The van der Waals surface area contributed by atoms with Gasteiger partial charge in [-0.2, -0.15) is 0 Å². The van der Waals surface area contributed by atoms with E-state index in [1.165, 1.54) is 19.0 Å². The number of hydrogen-bond donors (Lipinski definition) is 2. The fraction of sp³-hybridized carbons (Fsp3) is 0.556. The number of hydrogen-bond acceptors (Lipinski definition) is 18. The molecule has 2 aromatic heterocycles. The van der Waals surface area contributed by atoms with Crippen LogP contribution in [0.3, 0.4) is 0 Å². The fourth-order valence-electron chi connectivity index (χ4n) is 8.25. The number of aliphatic carboxylic acids is 1. The topological polar surface area (TPSA) is 246 Å². The molecule has 482 valence electrons. The van der Waals surface area contributed by atoms with Gasteiger partial charge in [0.15, 0.2) is 6.10 Å². The lowest BCUT2D eigenvalue weighted by Gasteiger charge is -2.31. The molecule has 2 aromatic carbocycles. The number of carbonyl (C=O) groups is 6. The maximum atomic E-state index is 13.5. The molecule has 2 aliphatic rings. The number of aromatic nitrogens is 2. The molecule has 4 atom stereocenters. The van der Waals surface area contributed by atoms with Crippen LogP contribution in [0.15, 0.2) is 97.3 Å². The van der Waals surface area contributed by atoms with Crippen molar-refractivity contribution in [2.45, 2.75) is 151 Å². The van der Waals surface area contributed by atoms with Crippen LogP contribution in [0, 0.1) is 11.8 Å². The Morgan fingerprint density at radius 1 is 0.583 bits per heavy atom. The molecule has 0 aliphatic carbocycles. The van der Waals surface area contributed by atoms with E-state index in [2.05, 4.69) is 19.8 Å². The number of esters is 3. The van der Waals surface area contributed by atoms with Crippen LogP contribution < -0.4 is 9.80 Å². The Bertz CT molecular complexity index is 2670. The number of ether oxygens (including phenoxy) is 7. The molecule has 2 N–H and O–H groups in total. The summed E-state index contributed by atoms with van der Waals surface area (Å²) in [6.45, 7) is 24.3. The number of anilines is 2. The van der Waals surface area contributed by atoms with Gasteiger partial charge in [0.2, 0.25) is 6.10 Å². The highest BCUT2D eigenvalue weighted by molar-refractivity contribution is 5.85. The first kappa shape index (κ1) is 58.4. The molecular weight excluding hydrogens is 1080 g/mol. The van der Waals surface area contributed by atoms with Gasteiger partial charge in [-0.1, -0.05) is 108 Å². The zero-order valence-corrected chi connectivity index (χ0v) is 50.5. The van der Waals surface area contributed by atoms with Gasteiger partial charge < -0.3 is 53.2 Å². The van der Waals surface area contributed by atoms with Gasteiger partial charge in [-0.05, 0) is 101 Å². The summed E-state index contributed by atoms with van der Waals surface area (Å²) in [7, 11) is 2.95. The third-order valence-corrected chi connectivity index (χ3v) is 12.6. The van der Waals surface area contributed by atoms with E-state index in [0.29, 0.717) is 44.8 Å². The van der Waals surface area contributed by atoms with Crippen LogP contribution in [-0.4, -0.2) is 168 Å².